The Bertz CT molecular complexity index is 1170. The van der Waals surface area contributed by atoms with Crippen molar-refractivity contribution in [3.05, 3.63) is 71.8 Å². The van der Waals surface area contributed by atoms with Gasteiger partial charge in [-0.1, -0.05) is 17.7 Å². The number of pyridine rings is 2. The molecule has 1 unspecified atom stereocenters. The molecule has 1 aliphatic heterocycles. The molecule has 0 aromatic carbocycles. The third-order valence-corrected chi connectivity index (χ3v) is 5.50. The van der Waals surface area contributed by atoms with Crippen LogP contribution in [0.3, 0.4) is 0 Å². The largest absolute Gasteiger partial charge is 0.438 e. The lowest BCUT2D eigenvalue weighted by Crippen LogP contribution is -2.39. The molecule has 5 heterocycles. The molecule has 0 N–H and O–H groups in total. The fraction of sp³-hybridized carbons (Fsp3) is 0.238. The van der Waals surface area contributed by atoms with Crippen LogP contribution in [-0.2, 0) is 0 Å². The highest BCUT2D eigenvalue weighted by Gasteiger charge is 2.28. The molecule has 146 valence electrons. The minimum absolute atomic E-state index is 0.125. The van der Waals surface area contributed by atoms with Crippen molar-refractivity contribution < 1.29 is 9.21 Å². The van der Waals surface area contributed by atoms with Gasteiger partial charge in [-0.25, -0.2) is 9.97 Å². The van der Waals surface area contributed by atoms with Crippen molar-refractivity contribution in [2.45, 2.75) is 18.8 Å². The zero-order valence-electron chi connectivity index (χ0n) is 15.5. The highest BCUT2D eigenvalue weighted by Crippen LogP contribution is 2.29. The number of likely N-dealkylation sites (tertiary alicyclic amines) is 1. The predicted octanol–water partition coefficient (Wildman–Crippen LogP) is 4.06. The number of carbonyl (C=O) groups excluding carboxylic acids is 1. The first kappa shape index (κ1) is 17.9. The van der Waals surface area contributed by atoms with E-state index in [1.165, 1.54) is 12.6 Å². The molecule has 1 atom stereocenters. The second-order valence-corrected chi connectivity index (χ2v) is 7.56. The van der Waals surface area contributed by atoms with E-state index in [9.17, 15) is 4.79 Å². The van der Waals surface area contributed by atoms with Crippen LogP contribution < -0.4 is 0 Å². The van der Waals surface area contributed by atoms with Gasteiger partial charge in [0.1, 0.15) is 5.65 Å². The number of hydrogen-bond acceptors (Lipinski definition) is 5. The molecule has 0 bridgehead atoms. The monoisotopic (exact) mass is 407 g/mol. The highest BCUT2D eigenvalue weighted by molar-refractivity contribution is 6.30. The zero-order valence-corrected chi connectivity index (χ0v) is 16.3. The van der Waals surface area contributed by atoms with E-state index >= 15 is 0 Å². The maximum Gasteiger partial charge on any atom is 0.291 e. The molecule has 0 spiro atoms. The van der Waals surface area contributed by atoms with Crippen LogP contribution in [0.4, 0.5) is 0 Å². The molecule has 0 aliphatic carbocycles. The van der Waals surface area contributed by atoms with Gasteiger partial charge in [-0.15, -0.1) is 0 Å². The summed E-state index contributed by atoms with van der Waals surface area (Å²) in [6.45, 7) is 1.32. The lowest BCUT2D eigenvalue weighted by molar-refractivity contribution is 0.0673. The van der Waals surface area contributed by atoms with E-state index in [0.717, 1.165) is 35.6 Å². The summed E-state index contributed by atoms with van der Waals surface area (Å²) in [4.78, 5) is 27.6. The van der Waals surface area contributed by atoms with E-state index in [1.54, 1.807) is 6.20 Å². The number of hydrogen-bond donors (Lipinski definition) is 0. The molecule has 4 aromatic heterocycles. The summed E-state index contributed by atoms with van der Waals surface area (Å²) in [6, 6.07) is 9.68. The number of oxazole rings is 1. The smallest absolute Gasteiger partial charge is 0.291 e. The minimum Gasteiger partial charge on any atom is -0.438 e. The molecule has 1 amide bonds. The third kappa shape index (κ3) is 3.38. The SMILES string of the molecule is O=C(c1cnco1)N1CCCC(c2cccc(-c3cnc4ccc(Cl)cn34)n2)C1. The lowest BCUT2D eigenvalue weighted by Gasteiger charge is -2.32. The van der Waals surface area contributed by atoms with E-state index in [2.05, 4.69) is 9.97 Å². The number of rotatable bonds is 3. The Morgan fingerprint density at radius 3 is 3.00 bits per heavy atom. The lowest BCUT2D eigenvalue weighted by atomic mass is 9.94. The van der Waals surface area contributed by atoms with E-state index in [4.69, 9.17) is 21.0 Å². The molecule has 0 radical (unpaired) electrons. The van der Waals surface area contributed by atoms with E-state index in [-0.39, 0.29) is 17.6 Å². The Morgan fingerprint density at radius 2 is 2.14 bits per heavy atom. The van der Waals surface area contributed by atoms with E-state index in [0.29, 0.717) is 18.1 Å². The summed E-state index contributed by atoms with van der Waals surface area (Å²) in [7, 11) is 0. The fourth-order valence-corrected chi connectivity index (χ4v) is 4.01. The molecule has 4 aromatic rings. The Labute approximate surface area is 172 Å². The van der Waals surface area contributed by atoms with Gasteiger partial charge >= 0.3 is 0 Å². The number of nitrogens with zero attached hydrogens (tertiary/aromatic N) is 5. The number of amides is 1. The molecule has 29 heavy (non-hydrogen) atoms. The van der Waals surface area contributed by atoms with Crippen LogP contribution in [0.15, 0.2) is 59.7 Å². The van der Waals surface area contributed by atoms with Gasteiger partial charge in [0.15, 0.2) is 6.39 Å². The second kappa shape index (κ2) is 7.33. The summed E-state index contributed by atoms with van der Waals surface area (Å²) in [6.07, 6.45) is 8.28. The molecule has 0 saturated carbocycles. The van der Waals surface area contributed by atoms with Crippen LogP contribution >= 0.6 is 11.6 Å². The summed E-state index contributed by atoms with van der Waals surface area (Å²) in [5, 5.41) is 0.641. The first-order chi connectivity index (χ1) is 14.2. The Hall–Kier alpha value is -3.19. The highest BCUT2D eigenvalue weighted by atomic mass is 35.5. The van der Waals surface area contributed by atoms with Crippen molar-refractivity contribution >= 4 is 23.2 Å². The Balaban J connectivity index is 1.43. The predicted molar refractivity (Wildman–Crippen MR) is 108 cm³/mol. The van der Waals surface area contributed by atoms with E-state index < -0.39 is 0 Å². The summed E-state index contributed by atoms with van der Waals surface area (Å²) in [5.41, 5.74) is 3.50. The maximum atomic E-state index is 12.6. The van der Waals surface area contributed by atoms with Crippen molar-refractivity contribution in [3.63, 3.8) is 0 Å². The molecular weight excluding hydrogens is 390 g/mol. The van der Waals surface area contributed by atoms with Crippen LogP contribution in [0.5, 0.6) is 0 Å². The summed E-state index contributed by atoms with van der Waals surface area (Å²) in [5.74, 6) is 0.313. The Kier molecular flexibility index (Phi) is 4.52. The zero-order chi connectivity index (χ0) is 19.8. The number of fused-ring (bicyclic) bond motifs is 1. The average Bonchev–Trinajstić information content (AvgIpc) is 3.43. The molecule has 7 nitrogen and oxygen atoms in total. The van der Waals surface area contributed by atoms with Crippen LogP contribution in [0.2, 0.25) is 5.02 Å². The van der Waals surface area contributed by atoms with Crippen LogP contribution in [0.25, 0.3) is 17.0 Å². The van der Waals surface area contributed by atoms with Gasteiger partial charge in [0.2, 0.25) is 5.76 Å². The van der Waals surface area contributed by atoms with Crippen LogP contribution in [0.1, 0.15) is 35.0 Å². The number of imidazole rings is 1. The van der Waals surface area contributed by atoms with Crippen molar-refractivity contribution in [2.75, 3.05) is 13.1 Å². The van der Waals surface area contributed by atoms with Gasteiger partial charge in [0.05, 0.1) is 28.8 Å². The molecule has 1 fully saturated rings. The number of halogens is 1. The average molecular weight is 408 g/mol. The molecule has 1 aliphatic rings. The number of aromatic nitrogens is 4. The normalized spacial score (nSPS) is 17.0. The standard InChI is InChI=1S/C21H18ClN5O2/c22-15-6-7-20-24-9-18(27(20)12-15)17-5-1-4-16(25-17)14-3-2-8-26(11-14)21(28)19-10-23-13-29-19/h1,4-7,9-10,12-14H,2-3,8,11H2. The quantitative estimate of drug-likeness (QED) is 0.512. The topological polar surface area (TPSA) is 76.5 Å². The van der Waals surface area contributed by atoms with Crippen LogP contribution in [-0.4, -0.2) is 43.2 Å². The van der Waals surface area contributed by atoms with Crippen molar-refractivity contribution in [2.24, 2.45) is 0 Å². The van der Waals surface area contributed by atoms with Gasteiger partial charge in [-0.3, -0.25) is 14.2 Å². The van der Waals surface area contributed by atoms with Crippen molar-refractivity contribution in [1.29, 1.82) is 0 Å². The van der Waals surface area contributed by atoms with Gasteiger partial charge in [0, 0.05) is 30.9 Å². The Morgan fingerprint density at radius 1 is 1.21 bits per heavy atom. The number of carbonyl (C=O) groups is 1. The van der Waals surface area contributed by atoms with Crippen molar-refractivity contribution in [3.8, 4) is 11.4 Å². The summed E-state index contributed by atoms with van der Waals surface area (Å²) < 4.78 is 7.11. The van der Waals surface area contributed by atoms with Gasteiger partial charge in [0.25, 0.3) is 5.91 Å². The van der Waals surface area contributed by atoms with Crippen LogP contribution in [0, 0.1) is 0 Å². The van der Waals surface area contributed by atoms with E-state index in [1.807, 2.05) is 45.8 Å². The third-order valence-electron chi connectivity index (χ3n) is 5.27. The van der Waals surface area contributed by atoms with Gasteiger partial charge < -0.3 is 9.32 Å². The second-order valence-electron chi connectivity index (χ2n) is 7.12. The maximum absolute atomic E-state index is 12.6. The van der Waals surface area contributed by atoms with Gasteiger partial charge in [-0.2, -0.15) is 0 Å². The fourth-order valence-electron chi connectivity index (χ4n) is 3.85. The summed E-state index contributed by atoms with van der Waals surface area (Å²) >= 11 is 6.16. The molecule has 5 rings (SSSR count). The van der Waals surface area contributed by atoms with Gasteiger partial charge in [-0.05, 0) is 37.1 Å². The molecule has 8 heteroatoms. The first-order valence-electron chi connectivity index (χ1n) is 9.47. The number of piperidine rings is 1. The van der Waals surface area contributed by atoms with Crippen molar-refractivity contribution in [1.82, 2.24) is 24.3 Å². The molecular formula is C21H18ClN5O2. The molecule has 1 saturated heterocycles. The minimum atomic E-state index is -0.125. The first-order valence-corrected chi connectivity index (χ1v) is 9.84.